The van der Waals surface area contributed by atoms with E-state index in [1.165, 1.54) is 0 Å². The highest BCUT2D eigenvalue weighted by Crippen LogP contribution is 2.03. The van der Waals surface area contributed by atoms with E-state index in [9.17, 15) is 0 Å². The number of rotatable bonds is 4. The van der Waals surface area contributed by atoms with Gasteiger partial charge in [-0.05, 0) is 13.3 Å². The van der Waals surface area contributed by atoms with Crippen LogP contribution in [0.25, 0.3) is 0 Å². The van der Waals surface area contributed by atoms with Crippen molar-refractivity contribution in [1.29, 1.82) is 0 Å². The second-order valence-corrected chi connectivity index (χ2v) is 2.58. The lowest BCUT2D eigenvalue weighted by Crippen LogP contribution is -2.04. The standard InChI is InChI=1S/C7H13N3O2/c1-6-7(5-12)8-9-10(6)3-2-4-11/h11-12H,2-5H2,1H3. The van der Waals surface area contributed by atoms with Crippen LogP contribution in [0.2, 0.25) is 0 Å². The maximum atomic E-state index is 8.79. The van der Waals surface area contributed by atoms with Crippen LogP contribution in [0.3, 0.4) is 0 Å². The summed E-state index contributed by atoms with van der Waals surface area (Å²) >= 11 is 0. The Morgan fingerprint density at radius 2 is 2.17 bits per heavy atom. The number of hydrogen-bond acceptors (Lipinski definition) is 4. The quantitative estimate of drug-likeness (QED) is 0.638. The predicted octanol–water partition coefficient (Wildman–Crippen LogP) is -0.539. The molecule has 0 aliphatic rings. The third-order valence-corrected chi connectivity index (χ3v) is 1.76. The molecule has 0 aromatic carbocycles. The zero-order chi connectivity index (χ0) is 8.97. The molecule has 1 rings (SSSR count). The van der Waals surface area contributed by atoms with Crippen molar-refractivity contribution in [3.8, 4) is 0 Å². The van der Waals surface area contributed by atoms with Gasteiger partial charge in [-0.25, -0.2) is 4.68 Å². The summed E-state index contributed by atoms with van der Waals surface area (Å²) in [7, 11) is 0. The molecule has 0 radical (unpaired) electrons. The molecule has 0 amide bonds. The van der Waals surface area contributed by atoms with Gasteiger partial charge in [0.2, 0.25) is 0 Å². The second-order valence-electron chi connectivity index (χ2n) is 2.58. The van der Waals surface area contributed by atoms with Crippen LogP contribution in [-0.2, 0) is 13.2 Å². The molecule has 12 heavy (non-hydrogen) atoms. The van der Waals surface area contributed by atoms with Crippen LogP contribution in [0.1, 0.15) is 17.8 Å². The Labute approximate surface area is 70.6 Å². The zero-order valence-corrected chi connectivity index (χ0v) is 7.06. The lowest BCUT2D eigenvalue weighted by Gasteiger charge is -2.00. The van der Waals surface area contributed by atoms with Crippen molar-refractivity contribution in [2.24, 2.45) is 0 Å². The van der Waals surface area contributed by atoms with Crippen LogP contribution in [0.5, 0.6) is 0 Å². The van der Waals surface area contributed by atoms with Crippen LogP contribution >= 0.6 is 0 Å². The van der Waals surface area contributed by atoms with Crippen molar-refractivity contribution in [1.82, 2.24) is 15.0 Å². The minimum Gasteiger partial charge on any atom is -0.396 e. The van der Waals surface area contributed by atoms with Gasteiger partial charge in [0.1, 0.15) is 5.69 Å². The van der Waals surface area contributed by atoms with Gasteiger partial charge in [0.05, 0.1) is 12.3 Å². The number of nitrogens with zero attached hydrogens (tertiary/aromatic N) is 3. The van der Waals surface area contributed by atoms with Gasteiger partial charge in [0.25, 0.3) is 0 Å². The lowest BCUT2D eigenvalue weighted by molar-refractivity contribution is 0.274. The molecule has 0 bridgehead atoms. The van der Waals surface area contributed by atoms with E-state index in [1.807, 2.05) is 6.92 Å². The molecule has 0 aliphatic carbocycles. The van der Waals surface area contributed by atoms with E-state index in [4.69, 9.17) is 10.2 Å². The zero-order valence-electron chi connectivity index (χ0n) is 7.06. The van der Waals surface area contributed by atoms with Crippen molar-refractivity contribution in [2.75, 3.05) is 6.61 Å². The van der Waals surface area contributed by atoms with Crippen molar-refractivity contribution in [3.63, 3.8) is 0 Å². The Balaban J connectivity index is 2.66. The monoisotopic (exact) mass is 171 g/mol. The van der Waals surface area contributed by atoms with Crippen LogP contribution in [0, 0.1) is 6.92 Å². The van der Waals surface area contributed by atoms with E-state index >= 15 is 0 Å². The minimum atomic E-state index is -0.0784. The fraction of sp³-hybridized carbons (Fsp3) is 0.714. The van der Waals surface area contributed by atoms with E-state index in [0.29, 0.717) is 18.7 Å². The first kappa shape index (κ1) is 9.15. The summed E-state index contributed by atoms with van der Waals surface area (Å²) in [5.74, 6) is 0. The highest BCUT2D eigenvalue weighted by molar-refractivity contribution is 5.05. The average molecular weight is 171 g/mol. The van der Waals surface area contributed by atoms with Gasteiger partial charge in [-0.3, -0.25) is 0 Å². The summed E-state index contributed by atoms with van der Waals surface area (Å²) in [6.07, 6.45) is 0.662. The van der Waals surface area contributed by atoms with E-state index in [-0.39, 0.29) is 13.2 Å². The molecule has 0 atom stereocenters. The minimum absolute atomic E-state index is 0.0784. The number of aliphatic hydroxyl groups is 2. The van der Waals surface area contributed by atoms with Gasteiger partial charge < -0.3 is 10.2 Å². The Kier molecular flexibility index (Phi) is 3.19. The van der Waals surface area contributed by atoms with E-state index in [1.54, 1.807) is 4.68 Å². The molecular weight excluding hydrogens is 158 g/mol. The summed E-state index contributed by atoms with van der Waals surface area (Å²) in [6.45, 7) is 2.57. The number of hydrogen-bond donors (Lipinski definition) is 2. The fourth-order valence-electron chi connectivity index (χ4n) is 0.975. The molecule has 2 N–H and O–H groups in total. The van der Waals surface area contributed by atoms with E-state index in [0.717, 1.165) is 5.69 Å². The van der Waals surface area contributed by atoms with Crippen molar-refractivity contribution < 1.29 is 10.2 Å². The largest absolute Gasteiger partial charge is 0.396 e. The number of aryl methyl sites for hydroxylation is 1. The highest BCUT2D eigenvalue weighted by Gasteiger charge is 2.05. The highest BCUT2D eigenvalue weighted by atomic mass is 16.3. The van der Waals surface area contributed by atoms with E-state index < -0.39 is 0 Å². The molecule has 0 unspecified atom stereocenters. The van der Waals surface area contributed by atoms with Crippen LogP contribution < -0.4 is 0 Å². The average Bonchev–Trinajstić information content (AvgIpc) is 2.43. The molecule has 0 aliphatic heterocycles. The predicted molar refractivity (Wildman–Crippen MR) is 42.4 cm³/mol. The van der Waals surface area contributed by atoms with Crippen LogP contribution in [0.4, 0.5) is 0 Å². The molecule has 5 nitrogen and oxygen atoms in total. The fourth-order valence-corrected chi connectivity index (χ4v) is 0.975. The molecule has 0 saturated carbocycles. The van der Waals surface area contributed by atoms with Gasteiger partial charge in [0.15, 0.2) is 0 Å². The lowest BCUT2D eigenvalue weighted by atomic mass is 10.3. The van der Waals surface area contributed by atoms with Crippen molar-refractivity contribution in [3.05, 3.63) is 11.4 Å². The smallest absolute Gasteiger partial charge is 0.111 e. The molecule has 68 valence electrons. The normalized spacial score (nSPS) is 10.6. The van der Waals surface area contributed by atoms with Gasteiger partial charge >= 0.3 is 0 Å². The Morgan fingerprint density at radius 1 is 1.42 bits per heavy atom. The molecule has 0 saturated heterocycles. The van der Waals surface area contributed by atoms with Gasteiger partial charge in [-0.1, -0.05) is 5.21 Å². The maximum absolute atomic E-state index is 8.79. The summed E-state index contributed by atoms with van der Waals surface area (Å²) in [6, 6.07) is 0. The Bertz CT molecular complexity index is 247. The third-order valence-electron chi connectivity index (χ3n) is 1.76. The summed E-state index contributed by atoms with van der Waals surface area (Å²) in [5, 5.41) is 25.0. The first-order valence-corrected chi connectivity index (χ1v) is 3.90. The van der Waals surface area contributed by atoms with Crippen molar-refractivity contribution >= 4 is 0 Å². The first-order valence-electron chi connectivity index (χ1n) is 3.90. The summed E-state index contributed by atoms with van der Waals surface area (Å²) in [5.41, 5.74) is 1.47. The molecular formula is C7H13N3O2. The summed E-state index contributed by atoms with van der Waals surface area (Å²) in [4.78, 5) is 0. The molecule has 0 spiro atoms. The topological polar surface area (TPSA) is 71.2 Å². The van der Waals surface area contributed by atoms with Gasteiger partial charge in [-0.2, -0.15) is 0 Å². The first-order chi connectivity index (χ1) is 5.79. The number of aromatic nitrogens is 3. The summed E-state index contributed by atoms with van der Waals surface area (Å²) < 4.78 is 1.68. The molecule has 1 aromatic rings. The van der Waals surface area contributed by atoms with Crippen LogP contribution in [0.15, 0.2) is 0 Å². The van der Waals surface area contributed by atoms with E-state index in [2.05, 4.69) is 10.3 Å². The Hall–Kier alpha value is -0.940. The maximum Gasteiger partial charge on any atom is 0.111 e. The van der Waals surface area contributed by atoms with Gasteiger partial charge in [0, 0.05) is 13.2 Å². The number of aliphatic hydroxyl groups excluding tert-OH is 2. The molecule has 1 heterocycles. The van der Waals surface area contributed by atoms with Crippen molar-refractivity contribution in [2.45, 2.75) is 26.5 Å². The third kappa shape index (κ3) is 1.80. The SMILES string of the molecule is Cc1c(CO)nnn1CCCO. The second kappa shape index (κ2) is 4.18. The van der Waals surface area contributed by atoms with Crippen LogP contribution in [-0.4, -0.2) is 31.8 Å². The molecule has 1 aromatic heterocycles. The Morgan fingerprint density at radius 3 is 2.67 bits per heavy atom. The molecule has 5 heteroatoms. The molecule has 0 fully saturated rings. The van der Waals surface area contributed by atoms with Gasteiger partial charge in [-0.15, -0.1) is 5.10 Å².